The fraction of sp³-hybridized carbons (Fsp3) is 0.909. The van der Waals surface area contributed by atoms with E-state index in [-0.39, 0.29) is 30.1 Å². The van der Waals surface area contributed by atoms with Gasteiger partial charge in [0.05, 0.1) is 31.9 Å². The van der Waals surface area contributed by atoms with Crippen LogP contribution < -0.4 is 10.6 Å². The van der Waals surface area contributed by atoms with Crippen LogP contribution in [0.4, 0.5) is 4.79 Å². The Morgan fingerprint density at radius 1 is 1.16 bits per heavy atom. The average molecular weight is 557 g/mol. The zero-order valence-electron chi connectivity index (χ0n) is 20.6. The molecule has 8 nitrogen and oxygen atoms in total. The first-order chi connectivity index (χ1) is 14.2. The third kappa shape index (κ3) is 11.6. The van der Waals surface area contributed by atoms with Crippen LogP contribution in [-0.2, 0) is 14.2 Å². The van der Waals surface area contributed by atoms with Crippen molar-refractivity contribution in [1.29, 1.82) is 0 Å². The standard InChI is InChI=1S/C22H44N4O4.HI/c1-8-22(9-2,25-20(27)30-21(4,5)6)17-24-19(23-10-3)26-12-11-18(15-26)16-29-14-13-28-7;/h18H,8-17H2,1-7H3,(H,23,24)(H,25,27);1H. The molecule has 1 fully saturated rings. The summed E-state index contributed by atoms with van der Waals surface area (Å²) in [5.41, 5.74) is -0.948. The van der Waals surface area contributed by atoms with Crippen molar-refractivity contribution in [3.63, 3.8) is 0 Å². The number of rotatable bonds is 11. The summed E-state index contributed by atoms with van der Waals surface area (Å²) in [5.74, 6) is 1.39. The SMILES string of the molecule is CCNC(=NCC(CC)(CC)NC(=O)OC(C)(C)C)N1CCC(COCCOC)C1.I. The van der Waals surface area contributed by atoms with Gasteiger partial charge in [0, 0.05) is 32.7 Å². The highest BCUT2D eigenvalue weighted by molar-refractivity contribution is 14.0. The van der Waals surface area contributed by atoms with Crippen molar-refractivity contribution in [2.45, 2.75) is 71.9 Å². The van der Waals surface area contributed by atoms with Crippen molar-refractivity contribution in [1.82, 2.24) is 15.5 Å². The summed E-state index contributed by atoms with van der Waals surface area (Å²) in [6.07, 6.45) is 2.25. The molecule has 1 rings (SSSR count). The smallest absolute Gasteiger partial charge is 0.408 e. The van der Waals surface area contributed by atoms with Gasteiger partial charge in [-0.05, 0) is 47.0 Å². The van der Waals surface area contributed by atoms with Crippen molar-refractivity contribution in [3.8, 4) is 0 Å². The molecule has 1 amide bonds. The lowest BCUT2D eigenvalue weighted by Crippen LogP contribution is -2.52. The number of hydrogen-bond donors (Lipinski definition) is 2. The van der Waals surface area contributed by atoms with Crippen LogP contribution in [0.5, 0.6) is 0 Å². The molecular weight excluding hydrogens is 511 g/mol. The maximum absolute atomic E-state index is 12.4. The molecule has 0 bridgehead atoms. The van der Waals surface area contributed by atoms with Gasteiger partial charge in [0.1, 0.15) is 5.60 Å². The molecule has 1 saturated heterocycles. The van der Waals surface area contributed by atoms with Crippen LogP contribution in [0.15, 0.2) is 4.99 Å². The number of ether oxygens (including phenoxy) is 3. The third-order valence-electron chi connectivity index (χ3n) is 5.36. The molecular formula is C22H45IN4O4. The van der Waals surface area contributed by atoms with Gasteiger partial charge >= 0.3 is 6.09 Å². The molecule has 0 spiro atoms. The molecule has 0 aromatic carbocycles. The molecule has 0 aromatic rings. The number of halogens is 1. The molecule has 1 aliphatic rings. The Morgan fingerprint density at radius 2 is 1.84 bits per heavy atom. The predicted octanol–water partition coefficient (Wildman–Crippen LogP) is 3.64. The van der Waals surface area contributed by atoms with E-state index in [0.717, 1.165) is 51.5 Å². The van der Waals surface area contributed by atoms with Crippen LogP contribution in [-0.4, -0.2) is 81.2 Å². The second kappa shape index (κ2) is 15.1. The summed E-state index contributed by atoms with van der Waals surface area (Å²) >= 11 is 0. The monoisotopic (exact) mass is 556 g/mol. The van der Waals surface area contributed by atoms with Gasteiger partial charge < -0.3 is 29.7 Å². The highest BCUT2D eigenvalue weighted by Crippen LogP contribution is 2.20. The summed E-state index contributed by atoms with van der Waals surface area (Å²) in [7, 11) is 1.68. The number of aliphatic imine (C=N–C) groups is 1. The van der Waals surface area contributed by atoms with E-state index in [0.29, 0.717) is 25.7 Å². The first-order valence-electron chi connectivity index (χ1n) is 11.3. The van der Waals surface area contributed by atoms with Gasteiger partial charge in [-0.1, -0.05) is 13.8 Å². The summed E-state index contributed by atoms with van der Waals surface area (Å²) in [4.78, 5) is 19.6. The highest BCUT2D eigenvalue weighted by atomic mass is 127. The summed E-state index contributed by atoms with van der Waals surface area (Å²) < 4.78 is 16.2. The molecule has 1 unspecified atom stereocenters. The fourth-order valence-corrected chi connectivity index (χ4v) is 3.42. The molecule has 1 atom stereocenters. The molecule has 0 aromatic heterocycles. The summed E-state index contributed by atoms with van der Waals surface area (Å²) in [6.45, 7) is 17.0. The predicted molar refractivity (Wildman–Crippen MR) is 136 cm³/mol. The minimum atomic E-state index is -0.522. The Labute approximate surface area is 206 Å². The first kappa shape index (κ1) is 30.2. The molecule has 0 aliphatic carbocycles. The maximum Gasteiger partial charge on any atom is 0.408 e. The number of carbonyl (C=O) groups excluding carboxylic acids is 1. The molecule has 2 N–H and O–H groups in total. The van der Waals surface area contributed by atoms with Crippen molar-refractivity contribution >= 4 is 36.0 Å². The van der Waals surface area contributed by atoms with Gasteiger partial charge in [-0.25, -0.2) is 4.79 Å². The lowest BCUT2D eigenvalue weighted by Gasteiger charge is -2.33. The molecule has 0 saturated carbocycles. The maximum atomic E-state index is 12.4. The number of nitrogens with one attached hydrogen (secondary N) is 2. The van der Waals surface area contributed by atoms with E-state index in [9.17, 15) is 4.79 Å². The van der Waals surface area contributed by atoms with Crippen LogP contribution in [0.2, 0.25) is 0 Å². The Hall–Kier alpha value is -0.810. The van der Waals surface area contributed by atoms with Crippen LogP contribution in [0.25, 0.3) is 0 Å². The van der Waals surface area contributed by atoms with Gasteiger partial charge in [0.2, 0.25) is 0 Å². The molecule has 184 valence electrons. The summed E-state index contributed by atoms with van der Waals surface area (Å²) in [6, 6.07) is 0. The van der Waals surface area contributed by atoms with E-state index in [2.05, 4.69) is 36.3 Å². The second-order valence-electron chi connectivity index (χ2n) is 8.95. The Balaban J connectivity index is 0.00000900. The van der Waals surface area contributed by atoms with Crippen LogP contribution in [0, 0.1) is 5.92 Å². The molecule has 0 radical (unpaired) electrons. The minimum Gasteiger partial charge on any atom is -0.444 e. The van der Waals surface area contributed by atoms with Gasteiger partial charge in [-0.15, -0.1) is 24.0 Å². The van der Waals surface area contributed by atoms with Gasteiger partial charge in [-0.2, -0.15) is 0 Å². The molecule has 31 heavy (non-hydrogen) atoms. The Morgan fingerprint density at radius 3 is 2.39 bits per heavy atom. The number of guanidine groups is 1. The van der Waals surface area contributed by atoms with Crippen molar-refractivity contribution in [3.05, 3.63) is 0 Å². The van der Waals surface area contributed by atoms with Gasteiger partial charge in [0.15, 0.2) is 5.96 Å². The molecule has 9 heteroatoms. The van der Waals surface area contributed by atoms with E-state index >= 15 is 0 Å². The quantitative estimate of drug-likeness (QED) is 0.175. The number of hydrogen-bond acceptors (Lipinski definition) is 5. The second-order valence-corrected chi connectivity index (χ2v) is 8.95. The van der Waals surface area contributed by atoms with E-state index in [1.165, 1.54) is 0 Å². The number of amides is 1. The lowest BCUT2D eigenvalue weighted by molar-refractivity contribution is 0.0451. The summed E-state index contributed by atoms with van der Waals surface area (Å²) in [5, 5.41) is 6.48. The normalized spacial score (nSPS) is 17.3. The van der Waals surface area contributed by atoms with Gasteiger partial charge in [0.25, 0.3) is 0 Å². The first-order valence-corrected chi connectivity index (χ1v) is 11.3. The van der Waals surface area contributed by atoms with E-state index in [1.54, 1.807) is 7.11 Å². The number of methoxy groups -OCH3 is 1. The third-order valence-corrected chi connectivity index (χ3v) is 5.36. The number of likely N-dealkylation sites (tertiary alicyclic amines) is 1. The Bertz CT molecular complexity index is 536. The molecule has 1 heterocycles. The van der Waals surface area contributed by atoms with Crippen molar-refractivity contribution in [2.75, 3.05) is 53.1 Å². The number of nitrogens with zero attached hydrogens (tertiary/aromatic N) is 2. The number of alkyl carbamates (subject to hydrolysis) is 1. The lowest BCUT2D eigenvalue weighted by atomic mass is 9.93. The van der Waals surface area contributed by atoms with Crippen LogP contribution in [0.3, 0.4) is 0 Å². The fourth-order valence-electron chi connectivity index (χ4n) is 3.42. The van der Waals surface area contributed by atoms with Crippen LogP contribution >= 0.6 is 24.0 Å². The topological polar surface area (TPSA) is 84.4 Å². The Kier molecular flexibility index (Phi) is 14.7. The zero-order chi connectivity index (χ0) is 22.6. The van der Waals surface area contributed by atoms with Crippen molar-refractivity contribution in [2.24, 2.45) is 10.9 Å². The van der Waals surface area contributed by atoms with E-state index < -0.39 is 11.1 Å². The van der Waals surface area contributed by atoms with Crippen molar-refractivity contribution < 1.29 is 19.0 Å². The van der Waals surface area contributed by atoms with Gasteiger partial charge in [-0.3, -0.25) is 4.99 Å². The zero-order valence-corrected chi connectivity index (χ0v) is 22.9. The van der Waals surface area contributed by atoms with E-state index in [1.807, 2.05) is 20.8 Å². The van der Waals surface area contributed by atoms with E-state index in [4.69, 9.17) is 19.2 Å². The molecule has 1 aliphatic heterocycles. The van der Waals surface area contributed by atoms with Crippen LogP contribution in [0.1, 0.15) is 60.8 Å². The largest absolute Gasteiger partial charge is 0.444 e. The highest BCUT2D eigenvalue weighted by Gasteiger charge is 2.31. The average Bonchev–Trinajstić information content (AvgIpc) is 3.14. The minimum absolute atomic E-state index is 0. The number of carbonyl (C=O) groups is 1.